The van der Waals surface area contributed by atoms with Gasteiger partial charge in [-0.2, -0.15) is 0 Å². The number of carbonyl (C=O) groups is 2. The van der Waals surface area contributed by atoms with Crippen LogP contribution in [0.2, 0.25) is 0 Å². The summed E-state index contributed by atoms with van der Waals surface area (Å²) in [6, 6.07) is 8.71. The van der Waals surface area contributed by atoms with Crippen molar-refractivity contribution in [1.29, 1.82) is 0 Å². The minimum absolute atomic E-state index is 0. The van der Waals surface area contributed by atoms with Gasteiger partial charge in [0.1, 0.15) is 6.04 Å². The number of likely N-dealkylation sites (tertiary alicyclic amines) is 1. The average Bonchev–Trinajstić information content (AvgIpc) is 2.54. The maximum absolute atomic E-state index is 12.4. The van der Waals surface area contributed by atoms with Gasteiger partial charge in [0, 0.05) is 31.7 Å². The quantitative estimate of drug-likeness (QED) is 0.832. The average molecular weight is 327 g/mol. The molecule has 0 aliphatic carbocycles. The lowest BCUT2D eigenvalue weighted by Crippen LogP contribution is -2.49. The third-order valence-corrected chi connectivity index (χ3v) is 3.90. The lowest BCUT2D eigenvalue weighted by molar-refractivity contribution is -0.135. The number of hydrogen-bond donors (Lipinski definition) is 1. The molecule has 0 aromatic heterocycles. The molecule has 0 radical (unpaired) electrons. The fourth-order valence-corrected chi connectivity index (χ4v) is 2.69. The molecule has 2 rings (SSSR count). The van der Waals surface area contributed by atoms with Gasteiger partial charge in [-0.3, -0.25) is 9.59 Å². The molecule has 1 saturated heterocycles. The molecule has 0 saturated carbocycles. The predicted octanol–water partition coefficient (Wildman–Crippen LogP) is 1.50. The number of nitrogens with zero attached hydrogens (tertiary/aromatic N) is 1. The zero-order chi connectivity index (χ0) is 15.2. The minimum atomic E-state index is -0.614. The fourth-order valence-electron chi connectivity index (χ4n) is 2.69. The first-order chi connectivity index (χ1) is 10.1. The monoisotopic (exact) mass is 326 g/mol. The smallest absolute Gasteiger partial charge is 0.241 e. The standard InChI is InChI=1S/C16H22N2O3.ClH/c1-21-11-14(17)16(20)18-9-7-13(8-10-18)15(19)12-5-3-2-4-6-12;/h2-6,13-14H,7-11,17H2,1H3;1H. The third kappa shape index (κ3) is 4.53. The number of carbonyl (C=O) groups excluding carboxylic acids is 2. The highest BCUT2D eigenvalue weighted by atomic mass is 35.5. The molecular weight excluding hydrogens is 304 g/mol. The van der Waals surface area contributed by atoms with E-state index in [4.69, 9.17) is 10.5 Å². The molecule has 1 fully saturated rings. The SMILES string of the molecule is COCC(N)C(=O)N1CCC(C(=O)c2ccccc2)CC1.Cl. The van der Waals surface area contributed by atoms with Gasteiger partial charge in [0.25, 0.3) is 0 Å². The number of hydrogen-bond acceptors (Lipinski definition) is 4. The van der Waals surface area contributed by atoms with Crippen molar-refractivity contribution in [2.24, 2.45) is 11.7 Å². The van der Waals surface area contributed by atoms with Crippen molar-refractivity contribution in [1.82, 2.24) is 4.90 Å². The van der Waals surface area contributed by atoms with Crippen LogP contribution in [-0.2, 0) is 9.53 Å². The second-order valence-electron chi connectivity index (χ2n) is 5.39. The largest absolute Gasteiger partial charge is 0.383 e. The van der Waals surface area contributed by atoms with Crippen molar-refractivity contribution >= 4 is 24.1 Å². The highest BCUT2D eigenvalue weighted by Gasteiger charge is 2.29. The van der Waals surface area contributed by atoms with Crippen LogP contribution in [-0.4, -0.2) is 49.4 Å². The Kier molecular flexibility index (Phi) is 7.51. The number of Topliss-reactive ketones (excluding diaryl/α,β-unsaturated/α-hetero) is 1. The summed E-state index contributed by atoms with van der Waals surface area (Å²) >= 11 is 0. The van der Waals surface area contributed by atoms with Crippen molar-refractivity contribution in [2.75, 3.05) is 26.8 Å². The number of amides is 1. The molecule has 5 nitrogen and oxygen atoms in total. The van der Waals surface area contributed by atoms with Crippen LogP contribution in [0.25, 0.3) is 0 Å². The Balaban J connectivity index is 0.00000242. The summed E-state index contributed by atoms with van der Waals surface area (Å²) in [4.78, 5) is 26.2. The first-order valence-electron chi connectivity index (χ1n) is 7.26. The Hall–Kier alpha value is -1.43. The normalized spacial score (nSPS) is 16.7. The molecule has 1 aromatic rings. The summed E-state index contributed by atoms with van der Waals surface area (Å²) in [5.41, 5.74) is 6.51. The highest BCUT2D eigenvalue weighted by Crippen LogP contribution is 2.22. The first kappa shape index (κ1) is 18.6. The van der Waals surface area contributed by atoms with E-state index in [0.29, 0.717) is 25.9 Å². The molecular formula is C16H23ClN2O3. The third-order valence-electron chi connectivity index (χ3n) is 3.90. The van der Waals surface area contributed by atoms with E-state index < -0.39 is 6.04 Å². The van der Waals surface area contributed by atoms with E-state index in [9.17, 15) is 9.59 Å². The summed E-state index contributed by atoms with van der Waals surface area (Å²) in [6.45, 7) is 1.39. The Bertz CT molecular complexity index is 487. The predicted molar refractivity (Wildman–Crippen MR) is 87.2 cm³/mol. The fraction of sp³-hybridized carbons (Fsp3) is 0.500. The molecule has 22 heavy (non-hydrogen) atoms. The molecule has 0 bridgehead atoms. The molecule has 2 N–H and O–H groups in total. The van der Waals surface area contributed by atoms with Crippen molar-refractivity contribution in [3.8, 4) is 0 Å². The van der Waals surface area contributed by atoms with Gasteiger partial charge in [-0.15, -0.1) is 12.4 Å². The van der Waals surface area contributed by atoms with Gasteiger partial charge in [-0.25, -0.2) is 0 Å². The number of ketones is 1. The van der Waals surface area contributed by atoms with Crippen molar-refractivity contribution in [2.45, 2.75) is 18.9 Å². The lowest BCUT2D eigenvalue weighted by Gasteiger charge is -2.32. The summed E-state index contributed by atoms with van der Waals surface area (Å²) in [7, 11) is 1.53. The number of piperidine rings is 1. The summed E-state index contributed by atoms with van der Waals surface area (Å²) in [5.74, 6) is 0.0708. The van der Waals surface area contributed by atoms with Gasteiger partial charge in [0.05, 0.1) is 6.61 Å². The Morgan fingerprint density at radius 1 is 1.27 bits per heavy atom. The van der Waals surface area contributed by atoms with E-state index in [1.54, 1.807) is 4.90 Å². The van der Waals surface area contributed by atoms with E-state index in [-0.39, 0.29) is 36.6 Å². The molecule has 1 aliphatic rings. The van der Waals surface area contributed by atoms with Crippen LogP contribution in [0.5, 0.6) is 0 Å². The number of ether oxygens (including phenoxy) is 1. The second kappa shape index (κ2) is 8.88. The van der Waals surface area contributed by atoms with Crippen LogP contribution in [0.1, 0.15) is 23.2 Å². The summed E-state index contributed by atoms with van der Waals surface area (Å²) in [6.07, 6.45) is 1.39. The van der Waals surface area contributed by atoms with Crippen LogP contribution in [0.15, 0.2) is 30.3 Å². The molecule has 122 valence electrons. The van der Waals surface area contributed by atoms with E-state index >= 15 is 0 Å². The number of nitrogens with two attached hydrogens (primary N) is 1. The number of methoxy groups -OCH3 is 1. The number of halogens is 1. The molecule has 6 heteroatoms. The highest BCUT2D eigenvalue weighted by molar-refractivity contribution is 5.98. The number of benzene rings is 1. The summed E-state index contributed by atoms with van der Waals surface area (Å²) < 4.78 is 4.91. The van der Waals surface area contributed by atoms with Gasteiger partial charge < -0.3 is 15.4 Å². The molecule has 1 heterocycles. The molecule has 1 amide bonds. The molecule has 1 atom stereocenters. The van der Waals surface area contributed by atoms with Crippen LogP contribution >= 0.6 is 12.4 Å². The van der Waals surface area contributed by atoms with E-state index in [1.807, 2.05) is 30.3 Å². The van der Waals surface area contributed by atoms with Gasteiger partial charge in [0.15, 0.2) is 5.78 Å². The Morgan fingerprint density at radius 2 is 1.86 bits per heavy atom. The first-order valence-corrected chi connectivity index (χ1v) is 7.26. The van der Waals surface area contributed by atoms with Crippen molar-refractivity contribution < 1.29 is 14.3 Å². The van der Waals surface area contributed by atoms with Crippen LogP contribution in [0.4, 0.5) is 0 Å². The van der Waals surface area contributed by atoms with E-state index in [1.165, 1.54) is 7.11 Å². The van der Waals surface area contributed by atoms with Gasteiger partial charge >= 0.3 is 0 Å². The molecule has 0 spiro atoms. The van der Waals surface area contributed by atoms with Crippen LogP contribution in [0.3, 0.4) is 0 Å². The van der Waals surface area contributed by atoms with Gasteiger partial charge in [-0.1, -0.05) is 30.3 Å². The van der Waals surface area contributed by atoms with E-state index in [0.717, 1.165) is 5.56 Å². The van der Waals surface area contributed by atoms with Crippen LogP contribution < -0.4 is 5.73 Å². The zero-order valence-corrected chi connectivity index (χ0v) is 13.6. The summed E-state index contributed by atoms with van der Waals surface area (Å²) in [5, 5.41) is 0. The molecule has 1 aromatic carbocycles. The van der Waals surface area contributed by atoms with Gasteiger partial charge in [-0.05, 0) is 12.8 Å². The topological polar surface area (TPSA) is 72.6 Å². The van der Waals surface area contributed by atoms with Crippen molar-refractivity contribution in [3.05, 3.63) is 35.9 Å². The maximum atomic E-state index is 12.4. The Morgan fingerprint density at radius 3 is 2.41 bits per heavy atom. The number of rotatable bonds is 5. The van der Waals surface area contributed by atoms with Crippen LogP contribution in [0, 0.1) is 5.92 Å². The maximum Gasteiger partial charge on any atom is 0.241 e. The minimum Gasteiger partial charge on any atom is -0.383 e. The lowest BCUT2D eigenvalue weighted by atomic mass is 9.88. The Labute approximate surface area is 137 Å². The second-order valence-corrected chi connectivity index (χ2v) is 5.39. The van der Waals surface area contributed by atoms with E-state index in [2.05, 4.69) is 0 Å². The van der Waals surface area contributed by atoms with Gasteiger partial charge in [0.2, 0.25) is 5.91 Å². The van der Waals surface area contributed by atoms with Crippen molar-refractivity contribution in [3.63, 3.8) is 0 Å². The molecule has 1 unspecified atom stereocenters. The molecule has 1 aliphatic heterocycles. The zero-order valence-electron chi connectivity index (χ0n) is 12.7.